The molecule has 6 aliphatic heterocycles. The minimum absolute atomic E-state index is 0.00141. The van der Waals surface area contributed by atoms with Crippen molar-refractivity contribution in [3.63, 3.8) is 0 Å². The molecule has 0 spiro atoms. The van der Waals surface area contributed by atoms with Gasteiger partial charge < -0.3 is 19.6 Å². The molecule has 6 heterocycles. The summed E-state index contributed by atoms with van der Waals surface area (Å²) in [5.41, 5.74) is 29.2. The van der Waals surface area contributed by atoms with Gasteiger partial charge in [-0.2, -0.15) is 0 Å². The third kappa shape index (κ3) is 5.80. The van der Waals surface area contributed by atoms with Crippen LogP contribution in [0.1, 0.15) is 141 Å². The van der Waals surface area contributed by atoms with E-state index < -0.39 is 0 Å². The van der Waals surface area contributed by atoms with Crippen LogP contribution in [0.3, 0.4) is 0 Å². The lowest BCUT2D eigenvalue weighted by Gasteiger charge is -2.52. The van der Waals surface area contributed by atoms with Crippen LogP contribution in [0.25, 0.3) is 0 Å². The number of benzene rings is 8. The molecule has 4 atom stereocenters. The zero-order valence-corrected chi connectivity index (χ0v) is 47.4. The molecule has 0 N–H and O–H groups in total. The van der Waals surface area contributed by atoms with E-state index in [0.29, 0.717) is 0 Å². The molecule has 4 unspecified atom stereocenters. The molecule has 6 heteroatoms. The van der Waals surface area contributed by atoms with E-state index in [-0.39, 0.29) is 46.2 Å². The quantitative estimate of drug-likeness (QED) is 0.159. The summed E-state index contributed by atoms with van der Waals surface area (Å²) in [6.07, 6.45) is 10.9. The molecule has 78 heavy (non-hydrogen) atoms. The first-order chi connectivity index (χ1) is 37.6. The van der Waals surface area contributed by atoms with Gasteiger partial charge in [-0.1, -0.05) is 183 Å². The van der Waals surface area contributed by atoms with Gasteiger partial charge in [0.05, 0.1) is 11.1 Å². The van der Waals surface area contributed by atoms with E-state index >= 15 is 0 Å². The smallest absolute Gasteiger partial charge is 0.252 e. The molecule has 4 nitrogen and oxygen atoms in total. The van der Waals surface area contributed by atoms with Crippen LogP contribution >= 0.6 is 0 Å². The van der Waals surface area contributed by atoms with Gasteiger partial charge in [-0.15, -0.1) is 0 Å². The van der Waals surface area contributed by atoms with Crippen LogP contribution in [0.2, 0.25) is 0 Å². The minimum atomic E-state index is -0.235. The number of hydrogen-bond donors (Lipinski definition) is 0. The Morgan fingerprint density at radius 2 is 0.897 bits per heavy atom. The van der Waals surface area contributed by atoms with Crippen LogP contribution in [0.5, 0.6) is 0 Å². The van der Waals surface area contributed by atoms with Crippen LogP contribution < -0.4 is 52.4 Å². The Morgan fingerprint density at radius 3 is 1.51 bits per heavy atom. The van der Waals surface area contributed by atoms with Gasteiger partial charge in [-0.25, -0.2) is 0 Å². The molecule has 8 aliphatic rings. The average molecular weight is 1020 g/mol. The predicted octanol–water partition coefficient (Wildman–Crippen LogP) is 14.2. The second-order valence-corrected chi connectivity index (χ2v) is 27.6. The lowest BCUT2D eigenvalue weighted by Crippen LogP contribution is -2.64. The Labute approximate surface area is 464 Å². The molecule has 8 aromatic carbocycles. The van der Waals surface area contributed by atoms with Crippen LogP contribution in [-0.4, -0.2) is 24.5 Å². The Morgan fingerprint density at radius 1 is 0.410 bits per heavy atom. The van der Waals surface area contributed by atoms with Crippen molar-refractivity contribution < 1.29 is 0 Å². The van der Waals surface area contributed by atoms with Gasteiger partial charge in [0.1, 0.15) is 0 Å². The summed E-state index contributed by atoms with van der Waals surface area (Å²) >= 11 is 0. The molecule has 0 amide bonds. The summed E-state index contributed by atoms with van der Waals surface area (Å²) in [5, 5.41) is 0. The second kappa shape index (κ2) is 15.7. The molecule has 2 aliphatic carbocycles. The number of hydrogen-bond acceptors (Lipinski definition) is 4. The maximum atomic E-state index is 2.84. The molecule has 0 saturated heterocycles. The highest BCUT2D eigenvalue weighted by atomic mass is 15.3. The molecule has 16 rings (SSSR count). The first kappa shape index (κ1) is 47.1. The number of nitrogens with zero attached hydrogens (tertiary/aromatic N) is 4. The summed E-state index contributed by atoms with van der Waals surface area (Å²) in [6.45, 7) is 22.6. The molecular weight excluding hydrogens is 942 g/mol. The van der Waals surface area contributed by atoms with E-state index in [1.807, 2.05) is 0 Å². The zero-order chi connectivity index (χ0) is 53.0. The second-order valence-electron chi connectivity index (χ2n) is 27.6. The van der Waals surface area contributed by atoms with Crippen molar-refractivity contribution in [2.45, 2.75) is 153 Å². The van der Waals surface area contributed by atoms with E-state index in [1.54, 1.807) is 11.1 Å². The van der Waals surface area contributed by atoms with E-state index in [2.05, 4.69) is 246 Å². The first-order valence-corrected chi connectivity index (χ1v) is 29.7. The highest BCUT2D eigenvalue weighted by Gasteiger charge is 2.63. The summed E-state index contributed by atoms with van der Waals surface area (Å²) in [7, 11) is 0. The lowest BCUT2D eigenvalue weighted by atomic mass is 9.33. The predicted molar refractivity (Wildman–Crippen MR) is 333 cm³/mol. The third-order valence-electron chi connectivity index (χ3n) is 22.3. The molecule has 386 valence electrons. The van der Waals surface area contributed by atoms with E-state index in [9.17, 15) is 0 Å². The maximum Gasteiger partial charge on any atom is 0.252 e. The monoisotopic (exact) mass is 1010 g/mol. The maximum absolute atomic E-state index is 2.84. The standard InChI is InChI=1S/C72H72B2N4/c1-67(2,3)47-24-18-25-49(43-47)75-58-33-21-35-60-63(58)74(55-30-20-27-51-66(55)77(60)71(8)41-16-14-40-70(51,71)7)53-38-37-48(44-62(53)75)68(4,5)45-46-23-10-12-31-56(46)76-57-32-13-11-28-52(57)73-54-29-19-26-50-65(54)78(61-36-22-34-59(76)64(61)73)72(9)42-17-15-39-69(50,72)6/h10-13,18-38,43-44H,14-17,39-42,45H2,1-9H3. The zero-order valence-electron chi connectivity index (χ0n) is 47.4. The normalized spacial score (nSPS) is 24.4. The largest absolute Gasteiger partial charge is 0.335 e. The van der Waals surface area contributed by atoms with Crippen molar-refractivity contribution in [1.82, 2.24) is 0 Å². The summed E-state index contributed by atoms with van der Waals surface area (Å²) in [4.78, 5) is 11.0. The molecular formula is C72H72B2N4. The van der Waals surface area contributed by atoms with Crippen molar-refractivity contribution >= 4 is 103 Å². The van der Waals surface area contributed by atoms with Crippen LogP contribution in [-0.2, 0) is 28.1 Å². The van der Waals surface area contributed by atoms with Crippen molar-refractivity contribution in [3.8, 4) is 0 Å². The molecule has 0 bridgehead atoms. The summed E-state index contributed by atoms with van der Waals surface area (Å²) in [6, 6.07) is 64.9. The fraction of sp³-hybridized carbons (Fsp3) is 0.333. The molecule has 0 aromatic heterocycles. The average Bonchev–Trinajstić information content (AvgIpc) is 2.37. The van der Waals surface area contributed by atoms with Gasteiger partial charge in [0, 0.05) is 67.7 Å². The van der Waals surface area contributed by atoms with Gasteiger partial charge >= 0.3 is 0 Å². The first-order valence-electron chi connectivity index (χ1n) is 29.7. The van der Waals surface area contributed by atoms with E-state index in [0.717, 1.165) is 6.42 Å². The third-order valence-corrected chi connectivity index (χ3v) is 22.3. The van der Waals surface area contributed by atoms with Gasteiger partial charge in [-0.05, 0) is 172 Å². The Kier molecular flexibility index (Phi) is 9.47. The fourth-order valence-corrected chi connectivity index (χ4v) is 17.9. The Balaban J connectivity index is 0.846. The Bertz CT molecular complexity index is 3910. The van der Waals surface area contributed by atoms with Gasteiger partial charge in [0.15, 0.2) is 0 Å². The van der Waals surface area contributed by atoms with Crippen molar-refractivity contribution in [1.29, 1.82) is 0 Å². The van der Waals surface area contributed by atoms with Crippen molar-refractivity contribution in [2.75, 3.05) is 19.6 Å². The molecule has 8 aromatic rings. The van der Waals surface area contributed by atoms with Gasteiger partial charge in [0.25, 0.3) is 13.4 Å². The highest BCUT2D eigenvalue weighted by molar-refractivity contribution is 7.01. The SMILES string of the molecule is CC(C)(C)c1cccc(N2c3cc(C(C)(C)Cc4ccccc4N4c5ccccc5B5c6cccc7c6N(c6cccc4c65)C4(C)CCCCC74C)ccc3B3c4cccc5c4N(c4cccc2c43)C2(C)CCCCC52C)c1. The number of anilines is 10. The van der Waals surface area contributed by atoms with Crippen molar-refractivity contribution in [2.24, 2.45) is 0 Å². The summed E-state index contributed by atoms with van der Waals surface area (Å²) in [5.74, 6) is 0. The highest BCUT2D eigenvalue weighted by Crippen LogP contribution is 2.63. The number of rotatable bonds is 5. The minimum Gasteiger partial charge on any atom is -0.335 e. The van der Waals surface area contributed by atoms with Crippen LogP contribution in [0, 0.1) is 0 Å². The lowest BCUT2D eigenvalue weighted by molar-refractivity contribution is 0.195. The van der Waals surface area contributed by atoms with E-state index in [4.69, 9.17) is 0 Å². The van der Waals surface area contributed by atoms with E-state index in [1.165, 1.54) is 158 Å². The number of para-hydroxylation sites is 4. The molecule has 2 saturated carbocycles. The summed E-state index contributed by atoms with van der Waals surface area (Å²) < 4.78 is 0. The van der Waals surface area contributed by atoms with Crippen LogP contribution in [0.15, 0.2) is 164 Å². The van der Waals surface area contributed by atoms with Gasteiger partial charge in [0.2, 0.25) is 0 Å². The number of fused-ring (bicyclic) bond motifs is 14. The molecule has 0 radical (unpaired) electrons. The molecule has 2 fully saturated rings. The fourth-order valence-electron chi connectivity index (χ4n) is 17.9. The van der Waals surface area contributed by atoms with Crippen molar-refractivity contribution in [3.05, 3.63) is 192 Å². The van der Waals surface area contributed by atoms with Crippen LogP contribution in [0.4, 0.5) is 56.9 Å². The Hall–Kier alpha value is -6.91. The topological polar surface area (TPSA) is 13.0 Å². The van der Waals surface area contributed by atoms with Gasteiger partial charge in [-0.3, -0.25) is 0 Å².